The van der Waals surface area contributed by atoms with Crippen molar-refractivity contribution in [3.63, 3.8) is 0 Å². The third-order valence-corrected chi connectivity index (χ3v) is 5.79. The van der Waals surface area contributed by atoms with Crippen LogP contribution in [-0.2, 0) is 21.0 Å². The second kappa shape index (κ2) is 10.6. The zero-order chi connectivity index (χ0) is 23.0. The summed E-state index contributed by atoms with van der Waals surface area (Å²) in [4.78, 5) is 33.7. The fourth-order valence-corrected chi connectivity index (χ4v) is 4.20. The van der Waals surface area contributed by atoms with Gasteiger partial charge < -0.3 is 15.1 Å². The minimum Gasteiger partial charge on any atom is -0.399 e. The molecule has 0 aromatic heterocycles. The number of amides is 2. The molecule has 168 valence electrons. The number of hydrogen-bond acceptors (Lipinski definition) is 4. The highest BCUT2D eigenvalue weighted by molar-refractivity contribution is 6.02. The van der Waals surface area contributed by atoms with Gasteiger partial charge in [0.25, 0.3) is 0 Å². The zero-order valence-corrected chi connectivity index (χ0v) is 18.6. The largest absolute Gasteiger partial charge is 0.399 e. The molecule has 1 aliphatic heterocycles. The molecule has 2 amide bonds. The molecule has 0 saturated carbocycles. The predicted octanol–water partition coefficient (Wildman–Crippen LogP) is 3.74. The van der Waals surface area contributed by atoms with E-state index in [0.29, 0.717) is 18.7 Å². The van der Waals surface area contributed by atoms with Gasteiger partial charge in [0.2, 0.25) is 11.8 Å². The van der Waals surface area contributed by atoms with Crippen LogP contribution in [0.3, 0.4) is 0 Å². The maximum absolute atomic E-state index is 13.9. The lowest BCUT2D eigenvalue weighted by atomic mass is 9.90. The minimum absolute atomic E-state index is 0.131. The first-order valence-electron chi connectivity index (χ1n) is 11.0. The van der Waals surface area contributed by atoms with Crippen LogP contribution in [0.15, 0.2) is 96.2 Å². The molecule has 1 heterocycles. The molecule has 6 nitrogen and oxygen atoms in total. The summed E-state index contributed by atoms with van der Waals surface area (Å²) in [6, 6.07) is 28.4. The van der Waals surface area contributed by atoms with Crippen molar-refractivity contribution < 1.29 is 14.4 Å². The van der Waals surface area contributed by atoms with Crippen LogP contribution < -0.4 is 5.32 Å². The number of oxime groups is 1. The van der Waals surface area contributed by atoms with Crippen LogP contribution >= 0.6 is 0 Å². The van der Waals surface area contributed by atoms with Crippen LogP contribution in [0.2, 0.25) is 0 Å². The van der Waals surface area contributed by atoms with E-state index in [1.165, 1.54) is 7.11 Å². The molecule has 1 fully saturated rings. The number of carbonyl (C=O) groups excluding carboxylic acids is 2. The highest BCUT2D eigenvalue weighted by atomic mass is 16.6. The number of benzene rings is 3. The van der Waals surface area contributed by atoms with E-state index in [1.54, 1.807) is 4.90 Å². The monoisotopic (exact) mass is 441 g/mol. The lowest BCUT2D eigenvalue weighted by molar-refractivity contribution is -0.138. The molecule has 33 heavy (non-hydrogen) atoms. The van der Waals surface area contributed by atoms with Crippen molar-refractivity contribution in [3.05, 3.63) is 108 Å². The van der Waals surface area contributed by atoms with Gasteiger partial charge in [0, 0.05) is 13.0 Å². The predicted molar refractivity (Wildman–Crippen MR) is 128 cm³/mol. The number of hydrogen-bond donors (Lipinski definition) is 1. The van der Waals surface area contributed by atoms with E-state index in [0.717, 1.165) is 16.7 Å². The van der Waals surface area contributed by atoms with E-state index in [4.69, 9.17) is 4.84 Å². The standard InChI is InChI=1S/C27H27N3O3/c1-33-29-23-17-24(26(31)28-18-20-11-5-2-6-12-20)30(19-23)27(32)25(21-13-7-3-8-14-21)22-15-9-4-10-16-22/h2-16,24-25H,17-19H2,1H3,(H,28,31)/t24-/m0/s1. The van der Waals surface area contributed by atoms with Gasteiger partial charge in [0.05, 0.1) is 18.2 Å². The van der Waals surface area contributed by atoms with E-state index in [2.05, 4.69) is 10.5 Å². The maximum atomic E-state index is 13.9. The summed E-state index contributed by atoms with van der Waals surface area (Å²) in [5.74, 6) is -0.847. The molecule has 0 radical (unpaired) electrons. The molecule has 0 aliphatic carbocycles. The Bertz CT molecular complexity index is 1060. The van der Waals surface area contributed by atoms with Gasteiger partial charge in [0.15, 0.2) is 0 Å². The van der Waals surface area contributed by atoms with Crippen molar-refractivity contribution in [2.75, 3.05) is 13.7 Å². The molecular formula is C27H27N3O3. The topological polar surface area (TPSA) is 71.0 Å². The van der Waals surface area contributed by atoms with Gasteiger partial charge in [-0.25, -0.2) is 0 Å². The van der Waals surface area contributed by atoms with E-state index in [1.807, 2.05) is 91.0 Å². The molecule has 3 aromatic rings. The van der Waals surface area contributed by atoms with Crippen LogP contribution in [0.5, 0.6) is 0 Å². The highest BCUT2D eigenvalue weighted by Gasteiger charge is 2.41. The van der Waals surface area contributed by atoms with Crippen molar-refractivity contribution in [1.82, 2.24) is 10.2 Å². The second-order valence-corrected chi connectivity index (χ2v) is 7.98. The van der Waals surface area contributed by atoms with E-state index in [-0.39, 0.29) is 18.4 Å². The Hall–Kier alpha value is -3.93. The van der Waals surface area contributed by atoms with Gasteiger partial charge in [-0.1, -0.05) is 96.2 Å². The first kappa shape index (κ1) is 22.3. The molecule has 1 N–H and O–H groups in total. The summed E-state index contributed by atoms with van der Waals surface area (Å²) >= 11 is 0. The Morgan fingerprint density at radius 3 is 2.03 bits per heavy atom. The Balaban J connectivity index is 1.61. The highest BCUT2D eigenvalue weighted by Crippen LogP contribution is 2.30. The molecule has 1 atom stereocenters. The molecule has 4 rings (SSSR count). The van der Waals surface area contributed by atoms with E-state index in [9.17, 15) is 9.59 Å². The fourth-order valence-electron chi connectivity index (χ4n) is 4.20. The van der Waals surface area contributed by atoms with Crippen LogP contribution in [0.1, 0.15) is 29.0 Å². The normalized spacial score (nSPS) is 16.7. The summed E-state index contributed by atoms with van der Waals surface area (Å²) in [5, 5.41) is 7.03. The Labute approximate surface area is 193 Å². The molecule has 1 saturated heterocycles. The van der Waals surface area contributed by atoms with Crippen molar-refractivity contribution in [1.29, 1.82) is 0 Å². The second-order valence-electron chi connectivity index (χ2n) is 7.98. The smallest absolute Gasteiger partial charge is 0.243 e. The third-order valence-electron chi connectivity index (χ3n) is 5.79. The Kier molecular flexibility index (Phi) is 7.15. The van der Waals surface area contributed by atoms with Crippen LogP contribution in [0, 0.1) is 0 Å². The summed E-state index contributed by atoms with van der Waals surface area (Å²) in [6.07, 6.45) is 0.344. The van der Waals surface area contributed by atoms with Gasteiger partial charge in [-0.2, -0.15) is 0 Å². The average Bonchev–Trinajstić information content (AvgIpc) is 3.29. The van der Waals surface area contributed by atoms with Gasteiger partial charge in [0.1, 0.15) is 13.2 Å². The Morgan fingerprint density at radius 1 is 0.939 bits per heavy atom. The van der Waals surface area contributed by atoms with E-state index >= 15 is 0 Å². The average molecular weight is 442 g/mol. The molecule has 0 bridgehead atoms. The number of nitrogens with zero attached hydrogens (tertiary/aromatic N) is 2. The minimum atomic E-state index is -0.648. The summed E-state index contributed by atoms with van der Waals surface area (Å²) in [6.45, 7) is 0.655. The number of likely N-dealkylation sites (tertiary alicyclic amines) is 1. The van der Waals surface area contributed by atoms with Crippen molar-refractivity contribution >= 4 is 17.5 Å². The number of nitrogens with one attached hydrogen (secondary N) is 1. The van der Waals surface area contributed by atoms with Crippen molar-refractivity contribution in [3.8, 4) is 0 Å². The number of carbonyl (C=O) groups is 2. The summed E-state index contributed by atoms with van der Waals surface area (Å²) in [7, 11) is 1.47. The zero-order valence-electron chi connectivity index (χ0n) is 18.6. The summed E-state index contributed by atoms with van der Waals surface area (Å²) in [5.41, 5.74) is 3.44. The molecule has 0 spiro atoms. The molecule has 0 unspecified atom stereocenters. The fraction of sp³-hybridized carbons (Fsp3) is 0.222. The van der Waals surface area contributed by atoms with Crippen LogP contribution in [0.25, 0.3) is 0 Å². The number of rotatable bonds is 7. The van der Waals surface area contributed by atoms with Crippen LogP contribution in [-0.4, -0.2) is 42.1 Å². The third kappa shape index (κ3) is 5.29. The van der Waals surface area contributed by atoms with Gasteiger partial charge in [-0.15, -0.1) is 0 Å². The first-order chi connectivity index (χ1) is 16.2. The van der Waals surface area contributed by atoms with Crippen molar-refractivity contribution in [2.45, 2.75) is 24.9 Å². The summed E-state index contributed by atoms with van der Waals surface area (Å²) < 4.78 is 0. The first-order valence-corrected chi connectivity index (χ1v) is 11.0. The maximum Gasteiger partial charge on any atom is 0.243 e. The van der Waals surface area contributed by atoms with Gasteiger partial charge >= 0.3 is 0 Å². The molecular weight excluding hydrogens is 414 g/mol. The lowest BCUT2D eigenvalue weighted by Crippen LogP contribution is -2.47. The van der Waals surface area contributed by atoms with Crippen molar-refractivity contribution in [2.24, 2.45) is 5.16 Å². The quantitative estimate of drug-likeness (QED) is 0.568. The SMILES string of the molecule is CON=C1C[C@@H](C(=O)NCc2ccccc2)N(C(=O)C(c2ccccc2)c2ccccc2)C1. The molecule has 6 heteroatoms. The van der Waals surface area contributed by atoms with Gasteiger partial charge in [-0.05, 0) is 16.7 Å². The Morgan fingerprint density at radius 2 is 1.48 bits per heavy atom. The lowest BCUT2D eigenvalue weighted by Gasteiger charge is -2.28. The molecule has 3 aromatic carbocycles. The van der Waals surface area contributed by atoms with Crippen LogP contribution in [0.4, 0.5) is 0 Å². The van der Waals surface area contributed by atoms with E-state index < -0.39 is 12.0 Å². The van der Waals surface area contributed by atoms with Gasteiger partial charge in [-0.3, -0.25) is 9.59 Å². The molecule has 1 aliphatic rings.